The molecule has 0 saturated carbocycles. The Labute approximate surface area is 289 Å². The summed E-state index contributed by atoms with van der Waals surface area (Å²) in [6.07, 6.45) is 12.6. The van der Waals surface area contributed by atoms with Gasteiger partial charge >= 0.3 is 5.97 Å². The van der Waals surface area contributed by atoms with Crippen LogP contribution in [0.3, 0.4) is 0 Å². The Hall–Kier alpha value is -3.14. The summed E-state index contributed by atoms with van der Waals surface area (Å²) >= 11 is 0. The SMILES string of the molecule is C.C.CCCCCCCCC1=C2C[C@@H](C)C[C@H](OC)[C@H](O)[C@@H](C)/C=C(\C)[C@H](OC(C)=O)C(OC)/C=C\C=C(/C)C(=O)NC(=CC1=O)C2=O. The second-order valence-electron chi connectivity index (χ2n) is 12.7. The van der Waals surface area contributed by atoms with Crippen molar-refractivity contribution in [3.63, 3.8) is 0 Å². The van der Waals surface area contributed by atoms with Crippen LogP contribution in [0.5, 0.6) is 0 Å². The van der Waals surface area contributed by atoms with E-state index < -0.39 is 36.3 Å². The number of Topliss-reactive ketones (excluding diaryl/α,β-unsaturated/α-hetero) is 1. The van der Waals surface area contributed by atoms with Gasteiger partial charge in [-0.1, -0.05) is 92.0 Å². The van der Waals surface area contributed by atoms with Crippen LogP contribution >= 0.6 is 0 Å². The number of esters is 1. The Morgan fingerprint density at radius 1 is 1.00 bits per heavy atom. The average molecular weight is 674 g/mol. The first-order valence-corrected chi connectivity index (χ1v) is 16.6. The molecule has 1 amide bonds. The largest absolute Gasteiger partial charge is 0.455 e. The number of hydrogen-bond acceptors (Lipinski definition) is 8. The molecule has 0 saturated heterocycles. The van der Waals surface area contributed by atoms with Crippen molar-refractivity contribution in [2.75, 3.05) is 14.2 Å². The molecule has 0 aromatic rings. The van der Waals surface area contributed by atoms with Crippen LogP contribution in [-0.2, 0) is 33.4 Å². The van der Waals surface area contributed by atoms with Crippen LogP contribution in [0, 0.1) is 11.8 Å². The number of carbonyl (C=O) groups is 4. The first-order valence-electron chi connectivity index (χ1n) is 16.6. The second-order valence-corrected chi connectivity index (χ2v) is 12.7. The molecule has 48 heavy (non-hydrogen) atoms. The molecule has 2 aliphatic rings. The van der Waals surface area contributed by atoms with Gasteiger partial charge in [0.2, 0.25) is 5.78 Å². The molecular weight excluding hydrogens is 610 g/mol. The van der Waals surface area contributed by atoms with Crippen molar-refractivity contribution in [3.8, 4) is 0 Å². The normalized spacial score (nSPS) is 28.9. The molecule has 0 fully saturated rings. The van der Waals surface area contributed by atoms with Gasteiger partial charge in [-0.05, 0) is 51.0 Å². The van der Waals surface area contributed by atoms with Crippen molar-refractivity contribution in [2.24, 2.45) is 11.8 Å². The molecule has 1 heterocycles. The molecule has 0 aromatic carbocycles. The Morgan fingerprint density at radius 3 is 2.25 bits per heavy atom. The molecule has 1 aliphatic heterocycles. The maximum Gasteiger partial charge on any atom is 0.303 e. The third kappa shape index (κ3) is 13.4. The number of rotatable bonds is 10. The number of aliphatic hydroxyl groups excluding tert-OH is 1. The molecule has 0 aromatic heterocycles. The van der Waals surface area contributed by atoms with Gasteiger partial charge in [-0.2, -0.15) is 0 Å². The van der Waals surface area contributed by atoms with E-state index in [9.17, 15) is 24.3 Å². The Bertz CT molecular complexity index is 1240. The number of nitrogens with one attached hydrogen (secondary N) is 1. The number of fused-ring (bicyclic) bond motifs is 2. The molecule has 2 bridgehead atoms. The average Bonchev–Trinajstić information content (AvgIpc) is 3.01. The van der Waals surface area contributed by atoms with Gasteiger partial charge in [0.05, 0.1) is 17.9 Å². The number of amides is 1. The summed E-state index contributed by atoms with van der Waals surface area (Å²) in [6, 6.07) is 0. The lowest BCUT2D eigenvalue weighted by Gasteiger charge is -2.30. The fraction of sp³-hybridized carbons (Fsp3) is 0.641. The van der Waals surface area contributed by atoms with Crippen LogP contribution < -0.4 is 5.32 Å². The first-order chi connectivity index (χ1) is 21.8. The van der Waals surface area contributed by atoms with E-state index in [0.717, 1.165) is 32.1 Å². The lowest BCUT2D eigenvalue weighted by Crippen LogP contribution is -2.36. The number of methoxy groups -OCH3 is 2. The van der Waals surface area contributed by atoms with Crippen molar-refractivity contribution >= 4 is 23.4 Å². The molecule has 9 nitrogen and oxygen atoms in total. The van der Waals surface area contributed by atoms with Gasteiger partial charge in [0.25, 0.3) is 5.91 Å². The third-order valence-corrected chi connectivity index (χ3v) is 8.74. The molecule has 1 aliphatic carbocycles. The summed E-state index contributed by atoms with van der Waals surface area (Å²) in [5.41, 5.74) is 1.88. The van der Waals surface area contributed by atoms with Crippen molar-refractivity contribution in [2.45, 2.75) is 139 Å². The lowest BCUT2D eigenvalue weighted by molar-refractivity contribution is -0.149. The number of aliphatic hydroxyl groups is 1. The molecule has 2 rings (SSSR count). The maximum atomic E-state index is 13.8. The van der Waals surface area contributed by atoms with E-state index in [1.807, 2.05) is 26.8 Å². The molecule has 1 unspecified atom stereocenters. The zero-order chi connectivity index (χ0) is 34.4. The van der Waals surface area contributed by atoms with E-state index in [2.05, 4.69) is 12.2 Å². The predicted octanol–water partition coefficient (Wildman–Crippen LogP) is 7.30. The minimum atomic E-state index is -0.903. The lowest BCUT2D eigenvalue weighted by atomic mass is 9.82. The molecule has 0 radical (unpaired) electrons. The van der Waals surface area contributed by atoms with Gasteiger partial charge in [-0.15, -0.1) is 0 Å². The number of ketones is 2. The number of carbonyl (C=O) groups excluding carboxylic acids is 4. The van der Waals surface area contributed by atoms with Gasteiger partial charge < -0.3 is 24.6 Å². The summed E-state index contributed by atoms with van der Waals surface area (Å²) in [5.74, 6) is -2.12. The van der Waals surface area contributed by atoms with Crippen LogP contribution in [0.25, 0.3) is 0 Å². The number of hydrogen-bond donors (Lipinski definition) is 2. The van der Waals surface area contributed by atoms with Crippen molar-refractivity contribution in [3.05, 3.63) is 58.4 Å². The van der Waals surface area contributed by atoms with E-state index >= 15 is 0 Å². The zero-order valence-electron chi connectivity index (χ0n) is 29.0. The summed E-state index contributed by atoms with van der Waals surface area (Å²) in [7, 11) is 3.03. The zero-order valence-corrected chi connectivity index (χ0v) is 29.0. The smallest absolute Gasteiger partial charge is 0.303 e. The topological polar surface area (TPSA) is 128 Å². The van der Waals surface area contributed by atoms with E-state index in [-0.39, 0.29) is 44.0 Å². The summed E-state index contributed by atoms with van der Waals surface area (Å²) in [6.45, 7) is 10.7. The first kappa shape index (κ1) is 44.9. The summed E-state index contributed by atoms with van der Waals surface area (Å²) in [5, 5.41) is 14.0. The highest BCUT2D eigenvalue weighted by Gasteiger charge is 2.33. The van der Waals surface area contributed by atoms with E-state index in [1.54, 1.807) is 25.2 Å². The van der Waals surface area contributed by atoms with Gasteiger partial charge in [0.15, 0.2) is 11.9 Å². The van der Waals surface area contributed by atoms with E-state index in [1.165, 1.54) is 33.6 Å². The van der Waals surface area contributed by atoms with Gasteiger partial charge in [-0.3, -0.25) is 19.2 Å². The quantitative estimate of drug-likeness (QED) is 0.107. The molecule has 9 heteroatoms. The van der Waals surface area contributed by atoms with Crippen molar-refractivity contribution < 1.29 is 38.5 Å². The highest BCUT2D eigenvalue weighted by molar-refractivity contribution is 6.23. The Morgan fingerprint density at radius 2 is 1.65 bits per heavy atom. The summed E-state index contributed by atoms with van der Waals surface area (Å²) < 4.78 is 17.0. The van der Waals surface area contributed by atoms with Crippen LogP contribution in [0.4, 0.5) is 0 Å². The molecule has 6 atom stereocenters. The monoisotopic (exact) mass is 673 g/mol. The van der Waals surface area contributed by atoms with Crippen molar-refractivity contribution in [1.29, 1.82) is 0 Å². The second kappa shape index (κ2) is 22.5. The Kier molecular flexibility index (Phi) is 21.0. The predicted molar refractivity (Wildman–Crippen MR) is 192 cm³/mol. The van der Waals surface area contributed by atoms with Crippen LogP contribution in [-0.4, -0.2) is 67.2 Å². The highest BCUT2D eigenvalue weighted by atomic mass is 16.6. The fourth-order valence-corrected chi connectivity index (χ4v) is 6.05. The standard InChI is InChI=1S/C37H55NO8.2CH4/c1-9-10-11-12-13-14-17-28-29-19-23(2)20-33(45-8)34(41)25(4)21-26(5)36(46-27(6)39)32(44-7)18-15-16-24(3)37(43)38-30(35(29)42)22-31(28)40;;/h15-16,18,21-23,25,32-34,36,41H,9-14,17,19-20H2,1-8H3,(H,38,43);2*1H4/b18-15-,24-16+,26-21+;;/t23-,25+,32?,33+,34-,36+;;/m1../s1. The number of unbranched alkanes of at least 4 members (excludes halogenated alkanes) is 5. The van der Waals surface area contributed by atoms with E-state index in [4.69, 9.17) is 14.2 Å². The Balaban J connectivity index is 0.0000110. The van der Waals surface area contributed by atoms with Crippen LogP contribution in [0.15, 0.2) is 58.4 Å². The van der Waals surface area contributed by atoms with Crippen LogP contribution in [0.2, 0.25) is 0 Å². The van der Waals surface area contributed by atoms with Crippen LogP contribution in [0.1, 0.15) is 114 Å². The fourth-order valence-electron chi connectivity index (χ4n) is 6.05. The highest BCUT2D eigenvalue weighted by Crippen LogP contribution is 2.31. The number of ether oxygens (including phenoxy) is 3. The third-order valence-electron chi connectivity index (χ3n) is 8.74. The van der Waals surface area contributed by atoms with Gasteiger partial charge in [0.1, 0.15) is 6.10 Å². The molecule has 2 N–H and O–H groups in total. The maximum absolute atomic E-state index is 13.8. The summed E-state index contributed by atoms with van der Waals surface area (Å²) in [4.78, 5) is 52.4. The molecular formula is C39H63NO8. The van der Waals surface area contributed by atoms with Gasteiger partial charge in [0, 0.05) is 49.9 Å². The van der Waals surface area contributed by atoms with E-state index in [0.29, 0.717) is 41.6 Å². The minimum Gasteiger partial charge on any atom is -0.455 e. The number of allylic oxidation sites excluding steroid dienone is 5. The van der Waals surface area contributed by atoms with Crippen molar-refractivity contribution in [1.82, 2.24) is 5.32 Å². The molecule has 0 spiro atoms. The molecule has 272 valence electrons. The minimum absolute atomic E-state index is 0. The van der Waals surface area contributed by atoms with Gasteiger partial charge in [-0.25, -0.2) is 0 Å².